The second-order valence-corrected chi connectivity index (χ2v) is 5.72. The Bertz CT molecular complexity index is 488. The first-order chi connectivity index (χ1) is 8.75. The predicted octanol–water partition coefficient (Wildman–Crippen LogP) is 5.49. The summed E-state index contributed by atoms with van der Waals surface area (Å²) in [6.07, 6.45) is 1.02. The molecule has 0 aliphatic carbocycles. The van der Waals surface area contributed by atoms with Crippen LogP contribution in [0.25, 0.3) is 0 Å². The molecule has 0 aliphatic heterocycles. The summed E-state index contributed by atoms with van der Waals surface area (Å²) in [7, 11) is 0. The molecule has 2 aromatic rings. The van der Waals surface area contributed by atoms with Crippen LogP contribution in [-0.4, -0.2) is 0 Å². The maximum atomic E-state index is 4.18. The van der Waals surface area contributed by atoms with E-state index in [4.69, 9.17) is 0 Å². The van der Waals surface area contributed by atoms with Crippen molar-refractivity contribution in [2.24, 2.45) is 0 Å². The number of benzene rings is 2. The zero-order valence-electron chi connectivity index (χ0n) is 10.7. The molecule has 0 N–H and O–H groups in total. The minimum Gasteiger partial charge on any atom is -0.0952 e. The smallest absolute Gasteiger partial charge is 0.0118 e. The Morgan fingerprint density at radius 3 is 2.17 bits per heavy atom. The number of thioether (sulfide) groups is 1. The van der Waals surface area contributed by atoms with Crippen molar-refractivity contribution < 1.29 is 0 Å². The van der Waals surface area contributed by atoms with Gasteiger partial charge in [-0.15, -0.1) is 0 Å². The molecule has 0 radical (unpaired) electrons. The van der Waals surface area contributed by atoms with E-state index in [2.05, 4.69) is 68.1 Å². The van der Waals surface area contributed by atoms with Gasteiger partial charge in [0, 0.05) is 4.90 Å². The van der Waals surface area contributed by atoms with Crippen molar-refractivity contribution >= 4 is 11.8 Å². The van der Waals surface area contributed by atoms with Crippen LogP contribution >= 0.6 is 11.8 Å². The third kappa shape index (κ3) is 3.78. The lowest BCUT2D eigenvalue weighted by atomic mass is 9.98. The van der Waals surface area contributed by atoms with E-state index in [1.165, 1.54) is 15.4 Å². The number of hydrogen-bond donors (Lipinski definition) is 0. The van der Waals surface area contributed by atoms with E-state index in [-0.39, 0.29) is 0 Å². The van der Waals surface area contributed by atoms with E-state index in [1.807, 2.05) is 6.07 Å². The van der Waals surface area contributed by atoms with Gasteiger partial charge < -0.3 is 0 Å². The summed E-state index contributed by atoms with van der Waals surface area (Å²) in [5.74, 6) is 0.523. The highest BCUT2D eigenvalue weighted by atomic mass is 32.2. The molecule has 2 aromatic carbocycles. The fourth-order valence-corrected chi connectivity index (χ4v) is 2.90. The molecule has 1 atom stereocenters. The van der Waals surface area contributed by atoms with E-state index in [0.29, 0.717) is 5.92 Å². The van der Waals surface area contributed by atoms with Crippen molar-refractivity contribution in [3.05, 3.63) is 77.7 Å². The molecule has 0 fully saturated rings. The third-order valence-corrected chi connectivity index (χ3v) is 3.87. The molecule has 1 unspecified atom stereocenters. The molecule has 0 spiro atoms. The molecule has 0 aromatic heterocycles. The Morgan fingerprint density at radius 1 is 1.00 bits per heavy atom. The SMILES string of the molecule is C=C(CC(C)c1ccccc1)Sc1ccccc1. The van der Waals surface area contributed by atoms with Crippen molar-refractivity contribution in [3.63, 3.8) is 0 Å². The average molecular weight is 254 g/mol. The van der Waals surface area contributed by atoms with Crippen LogP contribution < -0.4 is 0 Å². The number of rotatable bonds is 5. The van der Waals surface area contributed by atoms with Gasteiger partial charge in [-0.2, -0.15) is 0 Å². The second kappa shape index (κ2) is 6.46. The van der Waals surface area contributed by atoms with E-state index in [0.717, 1.165) is 6.42 Å². The van der Waals surface area contributed by atoms with Crippen LogP contribution in [0.15, 0.2) is 77.0 Å². The standard InChI is InChI=1S/C17H18S/c1-14(16-9-5-3-6-10-16)13-15(2)18-17-11-7-4-8-12-17/h3-12,14H,2,13H2,1H3. The quantitative estimate of drug-likeness (QED) is 0.636. The number of hydrogen-bond acceptors (Lipinski definition) is 1. The van der Waals surface area contributed by atoms with Crippen molar-refractivity contribution in [3.8, 4) is 0 Å². The van der Waals surface area contributed by atoms with Crippen LogP contribution in [0, 0.1) is 0 Å². The zero-order chi connectivity index (χ0) is 12.8. The first-order valence-corrected chi connectivity index (χ1v) is 7.03. The van der Waals surface area contributed by atoms with E-state index < -0.39 is 0 Å². The molecule has 1 heteroatoms. The van der Waals surface area contributed by atoms with Gasteiger partial charge in [0.05, 0.1) is 0 Å². The summed E-state index contributed by atoms with van der Waals surface area (Å²) >= 11 is 1.77. The fraction of sp³-hybridized carbons (Fsp3) is 0.176. The molecule has 2 rings (SSSR count). The zero-order valence-corrected chi connectivity index (χ0v) is 11.5. The van der Waals surface area contributed by atoms with Gasteiger partial charge in [0.1, 0.15) is 0 Å². The topological polar surface area (TPSA) is 0 Å². The second-order valence-electron chi connectivity index (χ2n) is 4.47. The lowest BCUT2D eigenvalue weighted by Gasteiger charge is -2.13. The summed E-state index contributed by atoms with van der Waals surface area (Å²) in [5, 5.41) is 0. The minimum absolute atomic E-state index is 0.523. The van der Waals surface area contributed by atoms with E-state index >= 15 is 0 Å². The fourth-order valence-electron chi connectivity index (χ4n) is 1.94. The summed E-state index contributed by atoms with van der Waals surface area (Å²) < 4.78 is 0. The summed E-state index contributed by atoms with van der Waals surface area (Å²) in [6, 6.07) is 21.1. The molecule has 0 bridgehead atoms. The van der Waals surface area contributed by atoms with Gasteiger partial charge in [-0.25, -0.2) is 0 Å². The van der Waals surface area contributed by atoms with Gasteiger partial charge in [0.25, 0.3) is 0 Å². The normalized spacial score (nSPS) is 12.1. The van der Waals surface area contributed by atoms with Crippen LogP contribution in [0.1, 0.15) is 24.8 Å². The molecule has 0 heterocycles. The lowest BCUT2D eigenvalue weighted by molar-refractivity contribution is 0.775. The van der Waals surface area contributed by atoms with Crippen molar-refractivity contribution in [2.75, 3.05) is 0 Å². The van der Waals surface area contributed by atoms with Gasteiger partial charge >= 0.3 is 0 Å². The molecule has 0 amide bonds. The Labute approximate surface area is 114 Å². The maximum Gasteiger partial charge on any atom is 0.0118 e. The first-order valence-electron chi connectivity index (χ1n) is 6.21. The molecule has 0 saturated heterocycles. The molecular formula is C17H18S. The van der Waals surface area contributed by atoms with E-state index in [1.54, 1.807) is 11.8 Å². The molecule has 0 nitrogen and oxygen atoms in total. The maximum absolute atomic E-state index is 4.18. The molecule has 92 valence electrons. The summed E-state index contributed by atoms with van der Waals surface area (Å²) in [5.41, 5.74) is 1.38. The minimum atomic E-state index is 0.523. The van der Waals surface area contributed by atoms with Gasteiger partial charge in [0.15, 0.2) is 0 Å². The van der Waals surface area contributed by atoms with Crippen molar-refractivity contribution in [2.45, 2.75) is 24.2 Å². The van der Waals surface area contributed by atoms with Crippen LogP contribution in [0.5, 0.6) is 0 Å². The lowest BCUT2D eigenvalue weighted by Crippen LogP contribution is -1.93. The van der Waals surface area contributed by atoms with Crippen LogP contribution in [-0.2, 0) is 0 Å². The van der Waals surface area contributed by atoms with Gasteiger partial charge in [-0.05, 0) is 34.9 Å². The van der Waals surface area contributed by atoms with Crippen molar-refractivity contribution in [1.82, 2.24) is 0 Å². The van der Waals surface area contributed by atoms with Gasteiger partial charge in [-0.1, -0.05) is 73.8 Å². The molecule has 0 aliphatic rings. The van der Waals surface area contributed by atoms with Crippen LogP contribution in [0.3, 0.4) is 0 Å². The van der Waals surface area contributed by atoms with E-state index in [9.17, 15) is 0 Å². The Kier molecular flexibility index (Phi) is 4.66. The Morgan fingerprint density at radius 2 is 1.56 bits per heavy atom. The Hall–Kier alpha value is -1.47. The van der Waals surface area contributed by atoms with Gasteiger partial charge in [-0.3, -0.25) is 0 Å². The monoisotopic (exact) mass is 254 g/mol. The highest BCUT2D eigenvalue weighted by Gasteiger charge is 2.07. The Balaban J connectivity index is 1.92. The van der Waals surface area contributed by atoms with Crippen molar-refractivity contribution in [1.29, 1.82) is 0 Å². The van der Waals surface area contributed by atoms with Crippen LogP contribution in [0.2, 0.25) is 0 Å². The molecule has 0 saturated carbocycles. The summed E-state index contributed by atoms with van der Waals surface area (Å²) in [4.78, 5) is 2.49. The average Bonchev–Trinajstić information content (AvgIpc) is 2.40. The number of allylic oxidation sites excluding steroid dienone is 1. The predicted molar refractivity (Wildman–Crippen MR) is 80.9 cm³/mol. The molecular weight excluding hydrogens is 236 g/mol. The highest BCUT2D eigenvalue weighted by Crippen LogP contribution is 2.32. The largest absolute Gasteiger partial charge is 0.0952 e. The molecule has 18 heavy (non-hydrogen) atoms. The first kappa shape index (κ1) is 13.0. The highest BCUT2D eigenvalue weighted by molar-refractivity contribution is 8.03. The summed E-state index contributed by atoms with van der Waals surface area (Å²) in [6.45, 7) is 6.43. The van der Waals surface area contributed by atoms with Gasteiger partial charge in [0.2, 0.25) is 0 Å². The van der Waals surface area contributed by atoms with Crippen LogP contribution in [0.4, 0.5) is 0 Å². The third-order valence-electron chi connectivity index (χ3n) is 2.91.